The molecular weight excluding hydrogens is 314 g/mol. The second-order valence-electron chi connectivity index (χ2n) is 5.24. The molecule has 0 spiro atoms. The zero-order valence-corrected chi connectivity index (χ0v) is 12.2. The maximum atomic E-state index is 13.0. The zero-order valence-electron chi connectivity index (χ0n) is 12.2. The summed E-state index contributed by atoms with van der Waals surface area (Å²) in [5, 5.41) is 0. The van der Waals surface area contributed by atoms with E-state index in [0.717, 1.165) is 12.8 Å². The third kappa shape index (κ3) is 7.79. The van der Waals surface area contributed by atoms with Crippen molar-refractivity contribution < 1.29 is 35.9 Å². The summed E-state index contributed by atoms with van der Waals surface area (Å²) in [4.78, 5) is 19.9. The van der Waals surface area contributed by atoms with Gasteiger partial charge in [0, 0.05) is 12.8 Å². The Kier molecular flexibility index (Phi) is 9.36. The molecule has 8 heteroatoms. The molecule has 0 aliphatic carbocycles. The third-order valence-corrected chi connectivity index (χ3v) is 3.32. The van der Waals surface area contributed by atoms with E-state index in [1.54, 1.807) is 0 Å². The summed E-state index contributed by atoms with van der Waals surface area (Å²) < 4.78 is 74.9. The van der Waals surface area contributed by atoms with E-state index in [1.807, 2.05) is 0 Å². The molecule has 0 aliphatic rings. The second-order valence-corrected chi connectivity index (χ2v) is 5.24. The number of hydrogen-bond acceptors (Lipinski definition) is 2. The number of alkyl halides is 4. The first-order valence-electron chi connectivity index (χ1n) is 7.25. The smallest absolute Gasteiger partial charge is 0.261 e. The average molecular weight is 334 g/mol. The van der Waals surface area contributed by atoms with Gasteiger partial charge in [0.05, 0.1) is 0 Å². The monoisotopic (exact) mass is 334 g/mol. The van der Waals surface area contributed by atoms with Gasteiger partial charge in [-0.15, -0.1) is 0 Å². The van der Waals surface area contributed by atoms with Crippen LogP contribution in [0.25, 0.3) is 0 Å². The fraction of sp³-hybridized carbons (Fsp3) is 0.857. The maximum absolute atomic E-state index is 13.0. The molecule has 22 heavy (non-hydrogen) atoms. The quantitative estimate of drug-likeness (QED) is 0.265. The van der Waals surface area contributed by atoms with Gasteiger partial charge >= 0.3 is 23.9 Å². The number of unbranched alkanes of at least 4 members (excludes halogenated alkanes) is 7. The van der Waals surface area contributed by atoms with Gasteiger partial charge in [-0.2, -0.15) is 26.3 Å². The van der Waals surface area contributed by atoms with Crippen molar-refractivity contribution in [2.45, 2.75) is 76.1 Å². The predicted octanol–water partition coefficient (Wildman–Crippen LogP) is 5.15. The Labute approximate surface area is 125 Å². The van der Waals surface area contributed by atoms with Gasteiger partial charge in [-0.05, 0) is 12.8 Å². The van der Waals surface area contributed by atoms with E-state index >= 15 is 0 Å². The minimum atomic E-state index is -5.26. The van der Waals surface area contributed by atoms with Crippen molar-refractivity contribution in [1.29, 1.82) is 0 Å². The second kappa shape index (κ2) is 9.84. The number of carbonyl (C=O) groups excluding carboxylic acids is 2. The van der Waals surface area contributed by atoms with E-state index in [1.165, 1.54) is 0 Å². The molecule has 0 bridgehead atoms. The van der Waals surface area contributed by atoms with Gasteiger partial charge in [-0.1, -0.05) is 38.5 Å². The third-order valence-electron chi connectivity index (χ3n) is 3.32. The number of rotatable bonds is 13. The molecule has 0 aromatic heterocycles. The average Bonchev–Trinajstić information content (AvgIpc) is 2.40. The Hall–Kier alpha value is -1.08. The molecular formula is C14H20F6O2. The van der Waals surface area contributed by atoms with Crippen LogP contribution < -0.4 is 0 Å². The zero-order chi connectivity index (χ0) is 17.2. The first kappa shape index (κ1) is 20.9. The Balaban J connectivity index is 3.65. The van der Waals surface area contributed by atoms with E-state index in [9.17, 15) is 35.9 Å². The van der Waals surface area contributed by atoms with Crippen molar-refractivity contribution in [3.05, 3.63) is 0 Å². The highest BCUT2D eigenvalue weighted by Gasteiger charge is 2.61. The molecule has 0 aromatic rings. The normalized spacial score (nSPS) is 12.5. The number of hydrogen-bond donors (Lipinski definition) is 0. The molecule has 0 aliphatic heterocycles. The molecule has 0 saturated heterocycles. The van der Waals surface area contributed by atoms with Crippen molar-refractivity contribution >= 4 is 12.1 Å². The lowest BCUT2D eigenvalue weighted by atomic mass is 10.0. The van der Waals surface area contributed by atoms with Crippen LogP contribution in [0, 0.1) is 0 Å². The Morgan fingerprint density at radius 1 is 0.682 bits per heavy atom. The molecule has 0 radical (unpaired) electrons. The molecule has 0 unspecified atom stereocenters. The summed E-state index contributed by atoms with van der Waals surface area (Å²) in [5.74, 6) is -9.93. The SMILES string of the molecule is O=C(F)CCCCCCCCCCC(F)(F)C(F)(F)C(=O)F. The maximum Gasteiger partial charge on any atom is 0.397 e. The molecule has 2 nitrogen and oxygen atoms in total. The van der Waals surface area contributed by atoms with Crippen molar-refractivity contribution in [2.24, 2.45) is 0 Å². The van der Waals surface area contributed by atoms with Gasteiger partial charge in [0.1, 0.15) is 0 Å². The highest BCUT2D eigenvalue weighted by Crippen LogP contribution is 2.39. The van der Waals surface area contributed by atoms with Crippen LogP contribution in [0.2, 0.25) is 0 Å². The summed E-state index contributed by atoms with van der Waals surface area (Å²) in [6.45, 7) is 0. The fourth-order valence-corrected chi connectivity index (χ4v) is 1.97. The fourth-order valence-electron chi connectivity index (χ4n) is 1.97. The van der Waals surface area contributed by atoms with Crippen molar-refractivity contribution in [3.63, 3.8) is 0 Å². The Bertz CT molecular complexity index is 357. The minimum absolute atomic E-state index is 0.101. The van der Waals surface area contributed by atoms with E-state index in [0.29, 0.717) is 25.7 Å². The highest BCUT2D eigenvalue weighted by molar-refractivity contribution is 5.77. The van der Waals surface area contributed by atoms with Gasteiger partial charge in [-0.25, -0.2) is 0 Å². The minimum Gasteiger partial charge on any atom is -0.261 e. The predicted molar refractivity (Wildman–Crippen MR) is 68.3 cm³/mol. The van der Waals surface area contributed by atoms with Gasteiger partial charge in [0.15, 0.2) is 0 Å². The summed E-state index contributed by atoms with van der Waals surface area (Å²) in [5.41, 5.74) is 0. The van der Waals surface area contributed by atoms with E-state index in [-0.39, 0.29) is 19.3 Å². The molecule has 130 valence electrons. The molecule has 0 heterocycles. The lowest BCUT2D eigenvalue weighted by molar-refractivity contribution is -0.219. The first-order chi connectivity index (χ1) is 10.1. The van der Waals surface area contributed by atoms with Crippen LogP contribution in [0.5, 0.6) is 0 Å². The lowest BCUT2D eigenvalue weighted by Crippen LogP contribution is -2.45. The van der Waals surface area contributed by atoms with Crippen LogP contribution in [0.15, 0.2) is 0 Å². The summed E-state index contributed by atoms with van der Waals surface area (Å²) in [7, 11) is 0. The van der Waals surface area contributed by atoms with Gasteiger partial charge in [0.25, 0.3) is 0 Å². The largest absolute Gasteiger partial charge is 0.397 e. The van der Waals surface area contributed by atoms with Gasteiger partial charge in [-0.3, -0.25) is 9.59 Å². The number of carbonyl (C=O) groups is 2. The van der Waals surface area contributed by atoms with Gasteiger partial charge in [0.2, 0.25) is 0 Å². The van der Waals surface area contributed by atoms with Crippen molar-refractivity contribution in [3.8, 4) is 0 Å². The molecule has 0 amide bonds. The van der Waals surface area contributed by atoms with Gasteiger partial charge < -0.3 is 0 Å². The Morgan fingerprint density at radius 3 is 1.50 bits per heavy atom. The van der Waals surface area contributed by atoms with Crippen LogP contribution in [0.4, 0.5) is 26.3 Å². The van der Waals surface area contributed by atoms with Crippen LogP contribution in [-0.4, -0.2) is 23.9 Å². The molecule has 0 rings (SSSR count). The van der Waals surface area contributed by atoms with E-state index < -0.39 is 30.3 Å². The lowest BCUT2D eigenvalue weighted by Gasteiger charge is -2.22. The van der Waals surface area contributed by atoms with E-state index in [2.05, 4.69) is 0 Å². The van der Waals surface area contributed by atoms with Crippen LogP contribution in [0.1, 0.15) is 64.2 Å². The molecule has 0 N–H and O–H groups in total. The van der Waals surface area contributed by atoms with Crippen molar-refractivity contribution in [2.75, 3.05) is 0 Å². The topological polar surface area (TPSA) is 34.1 Å². The number of halogens is 6. The van der Waals surface area contributed by atoms with Crippen LogP contribution >= 0.6 is 0 Å². The first-order valence-corrected chi connectivity index (χ1v) is 7.25. The Morgan fingerprint density at radius 2 is 1.09 bits per heavy atom. The molecule has 0 atom stereocenters. The molecule has 0 saturated carbocycles. The highest BCUT2D eigenvalue weighted by atomic mass is 19.3. The standard InChI is InChI=1S/C14H20F6O2/c15-11(21)9-7-5-3-1-2-4-6-8-10-13(17,18)14(19,20)12(16)22/h1-10H2. The summed E-state index contributed by atoms with van der Waals surface area (Å²) >= 11 is 0. The van der Waals surface area contributed by atoms with Crippen LogP contribution in [-0.2, 0) is 9.59 Å². The summed E-state index contributed by atoms with van der Waals surface area (Å²) in [6, 6.07) is -4.66. The summed E-state index contributed by atoms with van der Waals surface area (Å²) in [6.07, 6.45) is 2.66. The van der Waals surface area contributed by atoms with E-state index in [4.69, 9.17) is 0 Å². The van der Waals surface area contributed by atoms with Crippen LogP contribution in [0.3, 0.4) is 0 Å². The molecule has 0 aromatic carbocycles. The molecule has 0 fully saturated rings. The van der Waals surface area contributed by atoms with Crippen molar-refractivity contribution in [1.82, 2.24) is 0 Å².